The molecule has 1 N–H and O–H groups in total. The predicted molar refractivity (Wildman–Crippen MR) is 103 cm³/mol. The van der Waals surface area contributed by atoms with Gasteiger partial charge in [0, 0.05) is 24.5 Å². The Morgan fingerprint density at radius 2 is 2.04 bits per heavy atom. The van der Waals surface area contributed by atoms with Crippen LogP contribution in [0.25, 0.3) is 0 Å². The third kappa shape index (κ3) is 4.54. The number of ether oxygens (including phenoxy) is 1. The van der Waals surface area contributed by atoms with Gasteiger partial charge in [-0.25, -0.2) is 18.2 Å². The average Bonchev–Trinajstić information content (AvgIpc) is 3.02. The average molecular weight is 390 g/mol. The van der Waals surface area contributed by atoms with Gasteiger partial charge in [0.05, 0.1) is 24.2 Å². The number of esters is 1. The van der Waals surface area contributed by atoms with Gasteiger partial charge in [-0.2, -0.15) is 4.98 Å². The van der Waals surface area contributed by atoms with Crippen molar-refractivity contribution in [3.8, 4) is 0 Å². The summed E-state index contributed by atoms with van der Waals surface area (Å²) in [6, 6.07) is 8.48. The van der Waals surface area contributed by atoms with E-state index in [0.29, 0.717) is 30.3 Å². The molecule has 0 spiro atoms. The first-order valence-electron chi connectivity index (χ1n) is 8.67. The molecule has 9 heteroatoms. The van der Waals surface area contributed by atoms with Crippen LogP contribution in [0.3, 0.4) is 0 Å². The highest BCUT2D eigenvalue weighted by molar-refractivity contribution is 7.91. The molecule has 27 heavy (non-hydrogen) atoms. The summed E-state index contributed by atoms with van der Waals surface area (Å²) in [4.78, 5) is 22.3. The number of rotatable bonds is 6. The van der Waals surface area contributed by atoms with Gasteiger partial charge in [0.1, 0.15) is 5.82 Å². The van der Waals surface area contributed by atoms with E-state index in [0.717, 1.165) is 5.69 Å². The van der Waals surface area contributed by atoms with E-state index in [1.165, 1.54) is 7.11 Å². The number of nitrogens with zero attached hydrogens (tertiary/aromatic N) is 3. The number of methoxy groups -OCH3 is 1. The van der Waals surface area contributed by atoms with Gasteiger partial charge < -0.3 is 15.0 Å². The lowest BCUT2D eigenvalue weighted by molar-refractivity contribution is 0.0600. The van der Waals surface area contributed by atoms with Crippen molar-refractivity contribution < 1.29 is 17.9 Å². The summed E-state index contributed by atoms with van der Waals surface area (Å²) < 4.78 is 28.3. The van der Waals surface area contributed by atoms with Crippen LogP contribution in [0.5, 0.6) is 0 Å². The summed E-state index contributed by atoms with van der Waals surface area (Å²) in [5, 5.41) is 3.17. The lowest BCUT2D eigenvalue weighted by Crippen LogP contribution is -2.37. The first-order valence-corrected chi connectivity index (χ1v) is 10.5. The van der Waals surface area contributed by atoms with Crippen LogP contribution in [0.4, 0.5) is 17.5 Å². The molecule has 8 nitrogen and oxygen atoms in total. The van der Waals surface area contributed by atoms with Crippen LogP contribution in [-0.4, -0.2) is 55.6 Å². The van der Waals surface area contributed by atoms with E-state index >= 15 is 0 Å². The molecular weight excluding hydrogens is 368 g/mol. The van der Waals surface area contributed by atoms with Crippen molar-refractivity contribution in [1.82, 2.24) is 9.97 Å². The van der Waals surface area contributed by atoms with E-state index in [1.807, 2.05) is 11.8 Å². The minimum atomic E-state index is -2.98. The first kappa shape index (κ1) is 19.1. The van der Waals surface area contributed by atoms with Crippen molar-refractivity contribution in [1.29, 1.82) is 0 Å². The topological polar surface area (TPSA) is 101 Å². The maximum absolute atomic E-state index is 11.8. The maximum Gasteiger partial charge on any atom is 0.337 e. The van der Waals surface area contributed by atoms with Gasteiger partial charge in [-0.3, -0.25) is 0 Å². The van der Waals surface area contributed by atoms with Crippen LogP contribution in [0.1, 0.15) is 23.7 Å². The van der Waals surface area contributed by atoms with Crippen molar-refractivity contribution in [3.05, 3.63) is 42.1 Å². The van der Waals surface area contributed by atoms with E-state index in [2.05, 4.69) is 20.0 Å². The second-order valence-electron chi connectivity index (χ2n) is 6.28. The second kappa shape index (κ2) is 7.91. The van der Waals surface area contributed by atoms with E-state index in [-0.39, 0.29) is 17.5 Å². The Labute approximate surface area is 158 Å². The number of benzene rings is 1. The third-order valence-electron chi connectivity index (χ3n) is 4.47. The lowest BCUT2D eigenvalue weighted by atomic mass is 10.2. The molecule has 144 valence electrons. The highest BCUT2D eigenvalue weighted by Crippen LogP contribution is 2.23. The number of hydrogen-bond donors (Lipinski definition) is 1. The summed E-state index contributed by atoms with van der Waals surface area (Å²) in [6.45, 7) is 2.58. The molecule has 0 bridgehead atoms. The predicted octanol–water partition coefficient (Wildman–Crippen LogP) is 2.02. The third-order valence-corrected chi connectivity index (χ3v) is 6.22. The minimum absolute atomic E-state index is 0.102. The van der Waals surface area contributed by atoms with Gasteiger partial charge in [-0.1, -0.05) is 0 Å². The van der Waals surface area contributed by atoms with Crippen LogP contribution >= 0.6 is 0 Å². The molecule has 2 heterocycles. The quantitative estimate of drug-likeness (QED) is 0.748. The zero-order valence-electron chi connectivity index (χ0n) is 15.3. The Balaban J connectivity index is 1.76. The van der Waals surface area contributed by atoms with Crippen molar-refractivity contribution in [2.75, 3.05) is 35.4 Å². The summed E-state index contributed by atoms with van der Waals surface area (Å²) in [7, 11) is -1.64. The van der Waals surface area contributed by atoms with Gasteiger partial charge in [0.25, 0.3) is 0 Å². The molecule has 0 aliphatic carbocycles. The minimum Gasteiger partial charge on any atom is -0.465 e. The number of hydrogen-bond acceptors (Lipinski definition) is 8. The van der Waals surface area contributed by atoms with Crippen molar-refractivity contribution >= 4 is 33.3 Å². The molecule has 2 aromatic rings. The van der Waals surface area contributed by atoms with E-state index < -0.39 is 15.8 Å². The van der Waals surface area contributed by atoms with Crippen LogP contribution in [-0.2, 0) is 14.6 Å². The Bertz CT molecular complexity index is 915. The molecule has 1 saturated heterocycles. The molecule has 0 amide bonds. The van der Waals surface area contributed by atoms with Crippen molar-refractivity contribution in [2.24, 2.45) is 0 Å². The molecule has 1 aliphatic rings. The van der Waals surface area contributed by atoms with Crippen LogP contribution in [0, 0.1) is 0 Å². The number of anilines is 3. The Hall–Kier alpha value is -2.68. The van der Waals surface area contributed by atoms with Crippen molar-refractivity contribution in [2.45, 2.75) is 19.4 Å². The molecule has 0 saturated carbocycles. The molecule has 0 radical (unpaired) electrons. The highest BCUT2D eigenvalue weighted by atomic mass is 32.2. The monoisotopic (exact) mass is 390 g/mol. The molecule has 1 unspecified atom stereocenters. The highest BCUT2D eigenvalue weighted by Gasteiger charge is 2.32. The van der Waals surface area contributed by atoms with Gasteiger partial charge in [0.15, 0.2) is 9.84 Å². The molecular formula is C18H22N4O4S. The van der Waals surface area contributed by atoms with E-state index in [4.69, 9.17) is 0 Å². The largest absolute Gasteiger partial charge is 0.465 e. The fraction of sp³-hybridized carbons (Fsp3) is 0.389. The van der Waals surface area contributed by atoms with Crippen LogP contribution in [0.15, 0.2) is 36.5 Å². The first-order chi connectivity index (χ1) is 12.9. The normalized spacial score (nSPS) is 18.1. The number of carbonyl (C=O) groups excluding carboxylic acids is 1. The van der Waals surface area contributed by atoms with Crippen LogP contribution in [0.2, 0.25) is 0 Å². The number of nitrogens with one attached hydrogen (secondary N) is 1. The summed E-state index contributed by atoms with van der Waals surface area (Å²) in [6.07, 6.45) is 2.23. The molecule has 1 fully saturated rings. The molecule has 3 rings (SSSR count). The zero-order chi connectivity index (χ0) is 19.4. The fourth-order valence-electron chi connectivity index (χ4n) is 3.10. The van der Waals surface area contributed by atoms with Gasteiger partial charge in [0.2, 0.25) is 5.95 Å². The molecule has 1 aromatic heterocycles. The summed E-state index contributed by atoms with van der Waals surface area (Å²) in [5.41, 5.74) is 1.23. The smallest absolute Gasteiger partial charge is 0.337 e. The Morgan fingerprint density at radius 1 is 1.30 bits per heavy atom. The fourth-order valence-corrected chi connectivity index (χ4v) is 4.83. The zero-order valence-corrected chi connectivity index (χ0v) is 16.1. The lowest BCUT2D eigenvalue weighted by Gasteiger charge is -2.26. The standard InChI is InChI=1S/C18H22N4O4S/c1-3-22(15-9-11-27(24,25)12-15)18-19-10-8-16(21-18)20-14-6-4-13(5-7-14)17(23)26-2/h4-8,10,15H,3,9,11-12H2,1-2H3,(H,19,20,21). The SMILES string of the molecule is CCN(c1nccc(Nc2ccc(C(=O)OC)cc2)n1)C1CCS(=O)(=O)C1. The number of aromatic nitrogens is 2. The summed E-state index contributed by atoms with van der Waals surface area (Å²) >= 11 is 0. The van der Waals surface area contributed by atoms with E-state index in [1.54, 1.807) is 36.5 Å². The van der Waals surface area contributed by atoms with E-state index in [9.17, 15) is 13.2 Å². The molecule has 1 aliphatic heterocycles. The summed E-state index contributed by atoms with van der Waals surface area (Å²) in [5.74, 6) is 1.03. The maximum atomic E-state index is 11.8. The van der Waals surface area contributed by atoms with Crippen molar-refractivity contribution in [3.63, 3.8) is 0 Å². The van der Waals surface area contributed by atoms with Gasteiger partial charge in [-0.05, 0) is 43.7 Å². The molecule has 1 aromatic carbocycles. The second-order valence-corrected chi connectivity index (χ2v) is 8.51. The number of carbonyl (C=O) groups is 1. The number of sulfone groups is 1. The van der Waals surface area contributed by atoms with Crippen LogP contribution < -0.4 is 10.2 Å². The van der Waals surface area contributed by atoms with Gasteiger partial charge >= 0.3 is 5.97 Å². The Morgan fingerprint density at radius 3 is 2.63 bits per heavy atom. The molecule has 1 atom stereocenters. The van der Waals surface area contributed by atoms with Gasteiger partial charge in [-0.15, -0.1) is 0 Å². The Kier molecular flexibility index (Phi) is 5.59.